The molecule has 226 valence electrons. The van der Waals surface area contributed by atoms with Crippen molar-refractivity contribution in [2.75, 3.05) is 6.61 Å². The Bertz CT molecular complexity index is 1470. The molecular formula is C23H20Br2F3N5O7S2. The van der Waals surface area contributed by atoms with Gasteiger partial charge in [-0.2, -0.15) is 13.2 Å². The first-order chi connectivity index (χ1) is 19.7. The fourth-order valence-corrected chi connectivity index (χ4v) is 7.04. The number of hydrogen-bond donors (Lipinski definition) is 0. The summed E-state index contributed by atoms with van der Waals surface area (Å²) in [5.41, 5.74) is -1.90. The predicted molar refractivity (Wildman–Crippen MR) is 147 cm³/mol. The van der Waals surface area contributed by atoms with Gasteiger partial charge < -0.3 is 18.9 Å². The summed E-state index contributed by atoms with van der Waals surface area (Å²) in [5, 5.41) is 10.6. The summed E-state index contributed by atoms with van der Waals surface area (Å²) >= 11 is 8.36. The fourth-order valence-electron chi connectivity index (χ4n) is 4.00. The lowest BCUT2D eigenvalue weighted by atomic mass is 9.96. The molecule has 0 N–H and O–H groups in total. The third kappa shape index (κ3) is 7.86. The zero-order valence-electron chi connectivity index (χ0n) is 21.7. The van der Waals surface area contributed by atoms with E-state index in [1.807, 2.05) is 0 Å². The van der Waals surface area contributed by atoms with E-state index in [0.29, 0.717) is 15.3 Å². The van der Waals surface area contributed by atoms with Crippen LogP contribution in [0.25, 0.3) is 10.7 Å². The molecule has 1 aliphatic rings. The van der Waals surface area contributed by atoms with Gasteiger partial charge in [0, 0.05) is 41.7 Å². The van der Waals surface area contributed by atoms with Crippen LogP contribution in [0.2, 0.25) is 0 Å². The number of pyridine rings is 1. The van der Waals surface area contributed by atoms with Crippen molar-refractivity contribution < 1.29 is 46.5 Å². The van der Waals surface area contributed by atoms with E-state index in [4.69, 9.17) is 18.9 Å². The molecule has 0 spiro atoms. The summed E-state index contributed by atoms with van der Waals surface area (Å²) in [7, 11) is 0. The van der Waals surface area contributed by atoms with Crippen LogP contribution in [-0.4, -0.2) is 73.2 Å². The summed E-state index contributed by atoms with van der Waals surface area (Å²) in [6.07, 6.45) is -5.75. The number of thiazole rings is 1. The third-order valence-corrected chi connectivity index (χ3v) is 8.81. The van der Waals surface area contributed by atoms with Crippen LogP contribution in [0.1, 0.15) is 32.5 Å². The van der Waals surface area contributed by atoms with Gasteiger partial charge >= 0.3 is 24.1 Å². The molecule has 1 aliphatic heterocycles. The first-order valence-corrected chi connectivity index (χ1v) is 15.1. The van der Waals surface area contributed by atoms with E-state index < -0.39 is 59.6 Å². The molecule has 0 aliphatic carbocycles. The number of halogens is 5. The molecule has 12 nitrogen and oxygen atoms in total. The van der Waals surface area contributed by atoms with E-state index in [-0.39, 0.29) is 16.0 Å². The number of carbonyl (C=O) groups excluding carboxylic acids is 3. The van der Waals surface area contributed by atoms with Gasteiger partial charge in [0.15, 0.2) is 17.9 Å². The Hall–Kier alpha value is -2.61. The Balaban J connectivity index is 1.79. The molecule has 0 amide bonds. The molecule has 4 heterocycles. The molecule has 0 saturated carbocycles. The van der Waals surface area contributed by atoms with Crippen molar-refractivity contribution in [2.45, 2.75) is 61.6 Å². The van der Waals surface area contributed by atoms with E-state index >= 15 is 0 Å². The fraction of sp³-hybridized carbons (Fsp3) is 0.435. The average molecular weight is 759 g/mol. The first kappa shape index (κ1) is 32.3. The molecule has 0 aromatic carbocycles. The molecule has 5 atom stereocenters. The minimum atomic E-state index is -4.70. The quantitative estimate of drug-likeness (QED) is 0.229. The number of aromatic nitrogens is 5. The second kappa shape index (κ2) is 13.4. The second-order valence-corrected chi connectivity index (χ2v) is 12.4. The molecule has 19 heteroatoms. The summed E-state index contributed by atoms with van der Waals surface area (Å²) in [6.45, 7) is 3.12. The molecule has 3 aromatic heterocycles. The number of hydrogen-bond acceptors (Lipinski definition) is 13. The molecule has 42 heavy (non-hydrogen) atoms. The zero-order valence-corrected chi connectivity index (χ0v) is 26.5. The lowest BCUT2D eigenvalue weighted by Crippen LogP contribution is -2.57. The maximum Gasteiger partial charge on any atom is 0.434 e. The van der Waals surface area contributed by atoms with Crippen molar-refractivity contribution in [1.29, 1.82) is 0 Å². The lowest BCUT2D eigenvalue weighted by Gasteiger charge is -2.44. The molecule has 5 unspecified atom stereocenters. The van der Waals surface area contributed by atoms with Gasteiger partial charge in [-0.05, 0) is 37.9 Å². The SMILES string of the molecule is CC(=O)OCC1OC(Sc2cnc(C(F)(F)F)c(Br)c2)C(OC(C)=O)C(n2cc(-c3nc(Br)cs3)nn2)C1OC(C)=O. The van der Waals surface area contributed by atoms with Crippen molar-refractivity contribution in [1.82, 2.24) is 25.0 Å². The van der Waals surface area contributed by atoms with Gasteiger partial charge in [0.25, 0.3) is 0 Å². The largest absolute Gasteiger partial charge is 0.463 e. The third-order valence-electron chi connectivity index (χ3n) is 5.52. The predicted octanol–water partition coefficient (Wildman–Crippen LogP) is 4.83. The van der Waals surface area contributed by atoms with Crippen LogP contribution in [0.5, 0.6) is 0 Å². The van der Waals surface area contributed by atoms with E-state index in [1.165, 1.54) is 35.2 Å². The summed E-state index contributed by atoms with van der Waals surface area (Å²) in [5.74, 6) is -2.08. The maximum absolute atomic E-state index is 13.3. The summed E-state index contributed by atoms with van der Waals surface area (Å²) < 4.78 is 63.9. The highest BCUT2D eigenvalue weighted by Gasteiger charge is 2.52. The van der Waals surface area contributed by atoms with Gasteiger partial charge in [-0.1, -0.05) is 17.0 Å². The van der Waals surface area contributed by atoms with Gasteiger partial charge in [-0.3, -0.25) is 14.4 Å². The van der Waals surface area contributed by atoms with Crippen LogP contribution in [0.3, 0.4) is 0 Å². The average Bonchev–Trinajstić information content (AvgIpc) is 3.52. The van der Waals surface area contributed by atoms with Gasteiger partial charge in [-0.25, -0.2) is 14.6 Å². The van der Waals surface area contributed by atoms with Gasteiger partial charge in [0.1, 0.15) is 39.5 Å². The van der Waals surface area contributed by atoms with E-state index in [9.17, 15) is 27.6 Å². The van der Waals surface area contributed by atoms with Crippen LogP contribution < -0.4 is 0 Å². The van der Waals surface area contributed by atoms with Crippen LogP contribution >= 0.6 is 55.0 Å². The molecule has 3 aromatic rings. The number of nitrogens with zero attached hydrogens (tertiary/aromatic N) is 5. The lowest BCUT2D eigenvalue weighted by molar-refractivity contribution is -0.212. The topological polar surface area (TPSA) is 145 Å². The Kier molecular flexibility index (Phi) is 10.3. The van der Waals surface area contributed by atoms with Gasteiger partial charge in [-0.15, -0.1) is 16.4 Å². The Labute approximate surface area is 260 Å². The highest BCUT2D eigenvalue weighted by atomic mass is 79.9. The van der Waals surface area contributed by atoms with Crippen LogP contribution in [0.4, 0.5) is 13.2 Å². The molecular weight excluding hydrogens is 739 g/mol. The van der Waals surface area contributed by atoms with E-state index in [2.05, 4.69) is 52.1 Å². The van der Waals surface area contributed by atoms with Crippen molar-refractivity contribution in [2.24, 2.45) is 0 Å². The normalized spacial score (nSPS) is 22.4. The molecule has 0 radical (unpaired) electrons. The van der Waals surface area contributed by atoms with Crippen LogP contribution in [-0.2, 0) is 39.5 Å². The minimum absolute atomic E-state index is 0.222. The smallest absolute Gasteiger partial charge is 0.434 e. The molecule has 1 fully saturated rings. The summed E-state index contributed by atoms with van der Waals surface area (Å²) in [4.78, 5) is 44.2. The Morgan fingerprint density at radius 3 is 2.38 bits per heavy atom. The van der Waals surface area contributed by atoms with Crippen molar-refractivity contribution >= 4 is 72.9 Å². The number of alkyl halides is 3. The number of esters is 3. The zero-order chi connectivity index (χ0) is 30.8. The highest BCUT2D eigenvalue weighted by Crippen LogP contribution is 2.43. The van der Waals surface area contributed by atoms with Crippen LogP contribution in [0, 0.1) is 0 Å². The summed E-state index contributed by atoms with van der Waals surface area (Å²) in [6, 6.07) is 0.108. The van der Waals surface area contributed by atoms with E-state index in [1.54, 1.807) is 5.38 Å². The monoisotopic (exact) mass is 757 g/mol. The number of carbonyl (C=O) groups is 3. The Morgan fingerprint density at radius 1 is 1.12 bits per heavy atom. The standard InChI is InChI=1S/C23H20Br2F3N5O7S2/c1-9(34)37-7-15-18(38-10(2)35)17(33-6-14(31-32-33)21-30-16(25)8-41-21)19(39-11(3)36)22(40-15)42-12-4-13(24)20(29-5-12)23(26,27)28/h4-6,8,15,17-19,22H,7H2,1-3H3. The number of thioether (sulfide) groups is 1. The van der Waals surface area contributed by atoms with Gasteiger partial charge in [0.05, 0.1) is 6.20 Å². The molecule has 4 rings (SSSR count). The number of ether oxygens (including phenoxy) is 4. The van der Waals surface area contributed by atoms with Gasteiger partial charge in [0.2, 0.25) is 0 Å². The highest BCUT2D eigenvalue weighted by molar-refractivity contribution is 9.10. The minimum Gasteiger partial charge on any atom is -0.463 e. The van der Waals surface area contributed by atoms with Crippen molar-refractivity contribution in [3.8, 4) is 10.7 Å². The van der Waals surface area contributed by atoms with Crippen molar-refractivity contribution in [3.05, 3.63) is 38.6 Å². The number of rotatable bonds is 8. The maximum atomic E-state index is 13.3. The van der Waals surface area contributed by atoms with E-state index in [0.717, 1.165) is 31.8 Å². The van der Waals surface area contributed by atoms with Crippen LogP contribution in [0.15, 0.2) is 37.8 Å². The van der Waals surface area contributed by atoms with Crippen molar-refractivity contribution in [3.63, 3.8) is 0 Å². The molecule has 1 saturated heterocycles. The second-order valence-electron chi connectivity index (χ2n) is 8.66. The first-order valence-electron chi connectivity index (χ1n) is 11.8. The Morgan fingerprint density at radius 2 is 1.81 bits per heavy atom. The molecule has 0 bridgehead atoms.